The number of pyridine rings is 1. The largest absolute Gasteiger partial charge is 0.435 e. The number of aryl methyl sites for hydroxylation is 2. The molecule has 0 aromatic carbocycles. The molecular weight excluding hydrogens is 264 g/mol. The van der Waals surface area contributed by atoms with E-state index in [0.717, 1.165) is 30.9 Å². The van der Waals surface area contributed by atoms with Gasteiger partial charge in [-0.25, -0.2) is 4.98 Å². The van der Waals surface area contributed by atoms with Gasteiger partial charge in [-0.15, -0.1) is 0 Å². The molecule has 0 fully saturated rings. The van der Waals surface area contributed by atoms with Gasteiger partial charge in [-0.3, -0.25) is 4.68 Å². The highest BCUT2D eigenvalue weighted by Gasteiger charge is 2.06. The predicted molar refractivity (Wildman–Crippen MR) is 83.5 cm³/mol. The highest BCUT2D eigenvalue weighted by molar-refractivity contribution is 5.32. The van der Waals surface area contributed by atoms with Crippen LogP contribution in [-0.2, 0) is 13.1 Å². The van der Waals surface area contributed by atoms with Gasteiger partial charge < -0.3 is 10.1 Å². The number of hydrogen-bond donors (Lipinski definition) is 1. The Bertz CT molecular complexity index is 577. The second kappa shape index (κ2) is 7.22. The van der Waals surface area contributed by atoms with Crippen LogP contribution in [0.15, 0.2) is 24.7 Å². The number of aromatic nitrogens is 3. The lowest BCUT2D eigenvalue weighted by Gasteiger charge is -2.10. The van der Waals surface area contributed by atoms with Crippen LogP contribution in [-0.4, -0.2) is 21.3 Å². The van der Waals surface area contributed by atoms with E-state index in [4.69, 9.17) is 4.74 Å². The molecule has 0 aliphatic rings. The Morgan fingerprint density at radius 2 is 2.14 bits per heavy atom. The molecule has 5 nitrogen and oxygen atoms in total. The van der Waals surface area contributed by atoms with Gasteiger partial charge in [-0.2, -0.15) is 5.10 Å². The SMILES string of the molecule is CCn1cc(Oc2ncc(CNCC(C)C)cc2C)cn1. The van der Waals surface area contributed by atoms with E-state index in [1.807, 2.05) is 30.9 Å². The molecule has 5 heteroatoms. The Labute approximate surface area is 126 Å². The van der Waals surface area contributed by atoms with Crippen LogP contribution in [0.2, 0.25) is 0 Å². The van der Waals surface area contributed by atoms with E-state index in [1.165, 1.54) is 5.56 Å². The molecule has 2 heterocycles. The Kier molecular flexibility index (Phi) is 5.33. The number of rotatable bonds is 7. The summed E-state index contributed by atoms with van der Waals surface area (Å²) in [6.45, 7) is 11.1. The standard InChI is InChI=1S/C16H24N4O/c1-5-20-11-15(10-19-20)21-16-13(4)6-14(9-18-16)8-17-7-12(2)3/h6,9-12,17H,5,7-8H2,1-4H3. The fraction of sp³-hybridized carbons (Fsp3) is 0.500. The lowest BCUT2D eigenvalue weighted by atomic mass is 10.2. The first kappa shape index (κ1) is 15.5. The third kappa shape index (κ3) is 4.56. The average Bonchev–Trinajstić information content (AvgIpc) is 2.89. The summed E-state index contributed by atoms with van der Waals surface area (Å²) in [7, 11) is 0. The smallest absolute Gasteiger partial charge is 0.222 e. The molecule has 2 rings (SSSR count). The average molecular weight is 288 g/mol. The quantitative estimate of drug-likeness (QED) is 0.850. The van der Waals surface area contributed by atoms with Crippen molar-refractivity contribution < 1.29 is 4.74 Å². The van der Waals surface area contributed by atoms with Crippen LogP contribution in [0.3, 0.4) is 0 Å². The zero-order chi connectivity index (χ0) is 15.2. The monoisotopic (exact) mass is 288 g/mol. The van der Waals surface area contributed by atoms with Crippen molar-refractivity contribution in [2.75, 3.05) is 6.54 Å². The summed E-state index contributed by atoms with van der Waals surface area (Å²) in [6, 6.07) is 2.11. The minimum atomic E-state index is 0.637. The van der Waals surface area contributed by atoms with E-state index in [2.05, 4.69) is 35.3 Å². The predicted octanol–water partition coefficient (Wildman–Crippen LogP) is 3.14. The highest BCUT2D eigenvalue weighted by Crippen LogP contribution is 2.22. The van der Waals surface area contributed by atoms with Gasteiger partial charge in [-0.05, 0) is 37.9 Å². The second-order valence-electron chi connectivity index (χ2n) is 5.62. The molecule has 0 spiro atoms. The van der Waals surface area contributed by atoms with Gasteiger partial charge in [0.2, 0.25) is 5.88 Å². The third-order valence-electron chi connectivity index (χ3n) is 3.12. The highest BCUT2D eigenvalue weighted by atomic mass is 16.5. The first-order chi connectivity index (χ1) is 10.1. The molecular formula is C16H24N4O. The molecule has 0 atom stereocenters. The minimum Gasteiger partial charge on any atom is -0.435 e. The van der Waals surface area contributed by atoms with Crippen LogP contribution >= 0.6 is 0 Å². The van der Waals surface area contributed by atoms with Gasteiger partial charge >= 0.3 is 0 Å². The van der Waals surface area contributed by atoms with Gasteiger partial charge in [0.1, 0.15) is 0 Å². The maximum Gasteiger partial charge on any atom is 0.222 e. The third-order valence-corrected chi connectivity index (χ3v) is 3.12. The second-order valence-corrected chi connectivity index (χ2v) is 5.62. The summed E-state index contributed by atoms with van der Waals surface area (Å²) < 4.78 is 7.60. The molecule has 0 bridgehead atoms. The van der Waals surface area contributed by atoms with Gasteiger partial charge in [-0.1, -0.05) is 13.8 Å². The zero-order valence-corrected chi connectivity index (χ0v) is 13.3. The summed E-state index contributed by atoms with van der Waals surface area (Å²) in [5.41, 5.74) is 2.20. The molecule has 2 aromatic rings. The van der Waals surface area contributed by atoms with Crippen molar-refractivity contribution in [1.82, 2.24) is 20.1 Å². The number of ether oxygens (including phenoxy) is 1. The summed E-state index contributed by atoms with van der Waals surface area (Å²) in [6.07, 6.45) is 5.45. The van der Waals surface area contributed by atoms with E-state index in [0.29, 0.717) is 11.8 Å². The zero-order valence-electron chi connectivity index (χ0n) is 13.3. The van der Waals surface area contributed by atoms with Crippen LogP contribution in [0, 0.1) is 12.8 Å². The maximum atomic E-state index is 5.77. The fourth-order valence-corrected chi connectivity index (χ4v) is 2.01. The van der Waals surface area contributed by atoms with Crippen molar-refractivity contribution >= 4 is 0 Å². The van der Waals surface area contributed by atoms with Gasteiger partial charge in [0.25, 0.3) is 0 Å². The summed E-state index contributed by atoms with van der Waals surface area (Å²) in [4.78, 5) is 4.41. The van der Waals surface area contributed by atoms with E-state index >= 15 is 0 Å². The molecule has 0 radical (unpaired) electrons. The first-order valence-corrected chi connectivity index (χ1v) is 7.45. The van der Waals surface area contributed by atoms with Gasteiger partial charge in [0.05, 0.1) is 12.4 Å². The molecule has 1 N–H and O–H groups in total. The van der Waals surface area contributed by atoms with E-state index in [1.54, 1.807) is 6.20 Å². The molecule has 114 valence electrons. The molecule has 0 unspecified atom stereocenters. The molecule has 0 saturated carbocycles. The van der Waals surface area contributed by atoms with Crippen molar-refractivity contribution in [3.63, 3.8) is 0 Å². The summed E-state index contributed by atoms with van der Waals surface area (Å²) >= 11 is 0. The van der Waals surface area contributed by atoms with Gasteiger partial charge in [0.15, 0.2) is 5.75 Å². The van der Waals surface area contributed by atoms with Crippen LogP contribution in [0.4, 0.5) is 0 Å². The molecule has 21 heavy (non-hydrogen) atoms. The molecule has 0 saturated heterocycles. The molecule has 0 aliphatic heterocycles. The van der Waals surface area contributed by atoms with Crippen molar-refractivity contribution in [2.24, 2.45) is 5.92 Å². The van der Waals surface area contributed by atoms with Crippen LogP contribution < -0.4 is 10.1 Å². The molecule has 0 amide bonds. The lowest BCUT2D eigenvalue weighted by molar-refractivity contribution is 0.457. The summed E-state index contributed by atoms with van der Waals surface area (Å²) in [5.74, 6) is 2.01. The van der Waals surface area contributed by atoms with Crippen LogP contribution in [0.25, 0.3) is 0 Å². The summed E-state index contributed by atoms with van der Waals surface area (Å²) in [5, 5.41) is 7.60. The number of nitrogens with zero attached hydrogens (tertiary/aromatic N) is 3. The topological polar surface area (TPSA) is 52.0 Å². The van der Waals surface area contributed by atoms with Crippen molar-refractivity contribution in [1.29, 1.82) is 0 Å². The van der Waals surface area contributed by atoms with Crippen LogP contribution in [0.5, 0.6) is 11.6 Å². The van der Waals surface area contributed by atoms with Gasteiger partial charge in [0, 0.05) is 24.8 Å². The van der Waals surface area contributed by atoms with E-state index < -0.39 is 0 Å². The van der Waals surface area contributed by atoms with Crippen LogP contribution in [0.1, 0.15) is 31.9 Å². The normalized spacial score (nSPS) is 11.1. The Hall–Kier alpha value is -1.88. The lowest BCUT2D eigenvalue weighted by Crippen LogP contribution is -2.19. The van der Waals surface area contributed by atoms with Crippen molar-refractivity contribution in [3.8, 4) is 11.6 Å². The van der Waals surface area contributed by atoms with Crippen molar-refractivity contribution in [3.05, 3.63) is 35.8 Å². The molecule has 2 aromatic heterocycles. The molecule has 0 aliphatic carbocycles. The number of nitrogens with one attached hydrogen (secondary N) is 1. The fourth-order valence-electron chi connectivity index (χ4n) is 2.01. The van der Waals surface area contributed by atoms with E-state index in [9.17, 15) is 0 Å². The van der Waals surface area contributed by atoms with Crippen molar-refractivity contribution in [2.45, 2.75) is 40.8 Å². The number of hydrogen-bond acceptors (Lipinski definition) is 4. The Morgan fingerprint density at radius 1 is 1.33 bits per heavy atom. The van der Waals surface area contributed by atoms with E-state index in [-0.39, 0.29) is 0 Å². The minimum absolute atomic E-state index is 0.637. The Balaban J connectivity index is 1.98. The maximum absolute atomic E-state index is 5.77. The first-order valence-electron chi connectivity index (χ1n) is 7.45. The Morgan fingerprint density at radius 3 is 2.76 bits per heavy atom.